The van der Waals surface area contributed by atoms with Crippen LogP contribution >= 0.6 is 0 Å². The van der Waals surface area contributed by atoms with Gasteiger partial charge in [-0.2, -0.15) is 0 Å². The summed E-state index contributed by atoms with van der Waals surface area (Å²) in [4.78, 5) is 36.7. The maximum Gasteiger partial charge on any atom is 0.354 e. The van der Waals surface area contributed by atoms with Crippen molar-refractivity contribution in [3.8, 4) is 5.75 Å². The van der Waals surface area contributed by atoms with Crippen LogP contribution in [0.25, 0.3) is 0 Å². The maximum absolute atomic E-state index is 13.1. The third-order valence-electron chi connectivity index (χ3n) is 5.42. The van der Waals surface area contributed by atoms with Gasteiger partial charge >= 0.3 is 12.0 Å². The van der Waals surface area contributed by atoms with Crippen LogP contribution in [0.5, 0.6) is 5.75 Å². The number of fused-ring (bicyclic) bond motifs is 5. The van der Waals surface area contributed by atoms with Gasteiger partial charge in [-0.25, -0.2) is 19.6 Å². The molecule has 0 spiro atoms. The first-order valence-corrected chi connectivity index (χ1v) is 9.31. The van der Waals surface area contributed by atoms with E-state index in [4.69, 9.17) is 4.74 Å². The van der Waals surface area contributed by atoms with Gasteiger partial charge in [0.1, 0.15) is 11.6 Å². The number of hydrogen-bond donors (Lipinski definition) is 2. The topological polar surface area (TPSA) is 108 Å². The van der Waals surface area contributed by atoms with E-state index in [0.29, 0.717) is 24.8 Å². The number of amides is 2. The highest BCUT2D eigenvalue weighted by molar-refractivity contribution is 6.04. The number of carbonyl (C=O) groups is 2. The fraction of sp³-hybridized carbons (Fsp3) is 0.368. The normalized spacial score (nSPS) is 19.5. The number of hydrogen-bond acceptors (Lipinski definition) is 6. The number of anilines is 3. The van der Waals surface area contributed by atoms with Crippen molar-refractivity contribution in [1.29, 1.82) is 0 Å². The molecule has 1 atom stereocenters. The SMILES string of the molecule is O=C(O)c1ccc2c(n1)N(C(=O)Nc1cc3c(cn1)OCCC3)C1CCN2C1. The second-order valence-corrected chi connectivity index (χ2v) is 7.16. The molecule has 9 heteroatoms. The van der Waals surface area contributed by atoms with E-state index in [1.54, 1.807) is 17.2 Å². The molecule has 5 rings (SSSR count). The molecular formula is C19H19N5O4. The maximum atomic E-state index is 13.1. The van der Waals surface area contributed by atoms with Gasteiger partial charge in [0.2, 0.25) is 0 Å². The zero-order valence-corrected chi connectivity index (χ0v) is 15.1. The average Bonchev–Trinajstić information content (AvgIpc) is 3.12. The molecule has 28 heavy (non-hydrogen) atoms. The average molecular weight is 381 g/mol. The predicted octanol–water partition coefficient (Wildman–Crippen LogP) is 2.13. The second-order valence-electron chi connectivity index (χ2n) is 7.16. The van der Waals surface area contributed by atoms with E-state index in [1.165, 1.54) is 6.07 Å². The molecule has 1 unspecified atom stereocenters. The Bertz CT molecular complexity index is 979. The number of carbonyl (C=O) groups excluding carboxylic acids is 1. The largest absolute Gasteiger partial charge is 0.492 e. The lowest BCUT2D eigenvalue weighted by Crippen LogP contribution is -2.48. The molecule has 2 bridgehead atoms. The van der Waals surface area contributed by atoms with Crippen LogP contribution in [-0.4, -0.2) is 52.8 Å². The van der Waals surface area contributed by atoms with Crippen molar-refractivity contribution < 1.29 is 19.4 Å². The summed E-state index contributed by atoms with van der Waals surface area (Å²) in [7, 11) is 0. The Morgan fingerprint density at radius 2 is 2.21 bits per heavy atom. The van der Waals surface area contributed by atoms with Crippen LogP contribution in [0.4, 0.5) is 22.1 Å². The quantitative estimate of drug-likeness (QED) is 0.820. The van der Waals surface area contributed by atoms with Gasteiger partial charge in [-0.15, -0.1) is 0 Å². The summed E-state index contributed by atoms with van der Waals surface area (Å²) >= 11 is 0. The minimum Gasteiger partial charge on any atom is -0.492 e. The molecule has 0 radical (unpaired) electrons. The molecule has 5 heterocycles. The summed E-state index contributed by atoms with van der Waals surface area (Å²) in [6, 6.07) is 4.62. The summed E-state index contributed by atoms with van der Waals surface area (Å²) < 4.78 is 5.57. The van der Waals surface area contributed by atoms with Gasteiger partial charge < -0.3 is 14.7 Å². The van der Waals surface area contributed by atoms with Crippen molar-refractivity contribution in [2.24, 2.45) is 0 Å². The molecule has 0 aliphatic carbocycles. The molecule has 3 aliphatic rings. The highest BCUT2D eigenvalue weighted by atomic mass is 16.5. The molecule has 2 amide bonds. The monoisotopic (exact) mass is 381 g/mol. The van der Waals surface area contributed by atoms with E-state index in [9.17, 15) is 14.7 Å². The molecule has 0 aromatic carbocycles. The van der Waals surface area contributed by atoms with Crippen LogP contribution in [0.1, 0.15) is 28.9 Å². The Balaban J connectivity index is 1.46. The lowest BCUT2D eigenvalue weighted by Gasteiger charge is -2.35. The fourth-order valence-corrected chi connectivity index (χ4v) is 4.08. The third kappa shape index (κ3) is 2.70. The van der Waals surface area contributed by atoms with Crippen LogP contribution in [0.2, 0.25) is 0 Å². The number of aromatic nitrogens is 2. The number of nitrogens with one attached hydrogen (secondary N) is 1. The van der Waals surface area contributed by atoms with Crippen LogP contribution in [0, 0.1) is 0 Å². The summed E-state index contributed by atoms with van der Waals surface area (Å²) in [6.45, 7) is 2.20. The number of urea groups is 1. The first-order valence-electron chi connectivity index (χ1n) is 9.31. The molecule has 1 saturated heterocycles. The highest BCUT2D eigenvalue weighted by Gasteiger charge is 2.40. The molecule has 3 aliphatic heterocycles. The molecule has 2 aromatic heterocycles. The number of aryl methyl sites for hydroxylation is 1. The zero-order chi connectivity index (χ0) is 19.3. The van der Waals surface area contributed by atoms with Gasteiger partial charge in [0.05, 0.1) is 24.5 Å². The van der Waals surface area contributed by atoms with E-state index in [0.717, 1.165) is 42.8 Å². The number of pyridine rings is 2. The van der Waals surface area contributed by atoms with Crippen LogP contribution in [0.3, 0.4) is 0 Å². The van der Waals surface area contributed by atoms with Gasteiger partial charge in [-0.3, -0.25) is 10.2 Å². The Morgan fingerprint density at radius 1 is 1.32 bits per heavy atom. The fourth-order valence-electron chi connectivity index (χ4n) is 4.08. The predicted molar refractivity (Wildman–Crippen MR) is 101 cm³/mol. The van der Waals surface area contributed by atoms with Crippen LogP contribution in [0.15, 0.2) is 24.4 Å². The lowest BCUT2D eigenvalue weighted by atomic mass is 10.1. The van der Waals surface area contributed by atoms with Crippen molar-refractivity contribution in [3.63, 3.8) is 0 Å². The number of carboxylic acids is 1. The molecule has 0 saturated carbocycles. The molecule has 2 N–H and O–H groups in total. The Hall–Kier alpha value is -3.36. The molecule has 1 fully saturated rings. The van der Waals surface area contributed by atoms with Crippen LogP contribution < -0.4 is 19.9 Å². The van der Waals surface area contributed by atoms with E-state index in [2.05, 4.69) is 20.2 Å². The lowest BCUT2D eigenvalue weighted by molar-refractivity contribution is 0.0690. The summed E-state index contributed by atoms with van der Waals surface area (Å²) in [5, 5.41) is 12.1. The van der Waals surface area contributed by atoms with Crippen molar-refractivity contribution in [2.45, 2.75) is 25.3 Å². The summed E-state index contributed by atoms with van der Waals surface area (Å²) in [5.41, 5.74) is 1.72. The Kier molecular flexibility index (Phi) is 3.81. The van der Waals surface area contributed by atoms with Crippen LogP contribution in [-0.2, 0) is 6.42 Å². The third-order valence-corrected chi connectivity index (χ3v) is 5.42. The van der Waals surface area contributed by atoms with E-state index in [-0.39, 0.29) is 17.8 Å². The first kappa shape index (κ1) is 16.8. The molecule has 9 nitrogen and oxygen atoms in total. The minimum absolute atomic E-state index is 0.0509. The Morgan fingerprint density at radius 3 is 3.07 bits per heavy atom. The van der Waals surface area contributed by atoms with Gasteiger partial charge in [-0.05, 0) is 43.0 Å². The number of nitrogens with zero attached hydrogens (tertiary/aromatic N) is 4. The molecule has 144 valence electrons. The van der Waals surface area contributed by atoms with E-state index >= 15 is 0 Å². The summed E-state index contributed by atoms with van der Waals surface area (Å²) in [5.74, 6) is 0.470. The van der Waals surface area contributed by atoms with Gasteiger partial charge in [-0.1, -0.05) is 0 Å². The van der Waals surface area contributed by atoms with E-state index < -0.39 is 5.97 Å². The summed E-state index contributed by atoms with van der Waals surface area (Å²) in [6.07, 6.45) is 4.25. The number of rotatable bonds is 2. The highest BCUT2D eigenvalue weighted by Crippen LogP contribution is 2.39. The van der Waals surface area contributed by atoms with E-state index in [1.807, 2.05) is 6.07 Å². The van der Waals surface area contributed by atoms with Crippen molar-refractivity contribution >= 4 is 29.3 Å². The standard InChI is InChI=1S/C19H19N5O4/c25-18(26)13-3-4-14-17(21-13)24(12-5-6-23(14)10-12)19(27)22-16-8-11-2-1-7-28-15(11)9-20-16/h3-4,8-9,12H,1-2,5-7,10H2,(H,25,26)(H,20,22,27). The molecule has 2 aromatic rings. The van der Waals surface area contributed by atoms with Gasteiger partial charge in [0.15, 0.2) is 11.5 Å². The van der Waals surface area contributed by atoms with Crippen molar-refractivity contribution in [2.75, 3.05) is 34.8 Å². The minimum atomic E-state index is -1.12. The zero-order valence-electron chi connectivity index (χ0n) is 15.1. The van der Waals surface area contributed by atoms with Crippen molar-refractivity contribution in [3.05, 3.63) is 35.7 Å². The second kappa shape index (κ2) is 6.36. The number of carboxylic acid groups (broad SMARTS) is 1. The first-order chi connectivity index (χ1) is 13.6. The van der Waals surface area contributed by atoms with Crippen molar-refractivity contribution in [1.82, 2.24) is 9.97 Å². The molecular weight excluding hydrogens is 362 g/mol. The van der Waals surface area contributed by atoms with Gasteiger partial charge in [0, 0.05) is 13.1 Å². The Labute approximate surface area is 160 Å². The number of aromatic carboxylic acids is 1. The number of ether oxygens (including phenoxy) is 1. The van der Waals surface area contributed by atoms with Gasteiger partial charge in [0.25, 0.3) is 0 Å². The smallest absolute Gasteiger partial charge is 0.354 e.